The lowest BCUT2D eigenvalue weighted by Crippen LogP contribution is -2.18. The molecule has 0 radical (unpaired) electrons. The highest BCUT2D eigenvalue weighted by Gasteiger charge is 2.10. The largest absolute Gasteiger partial charge is 0.377 e. The summed E-state index contributed by atoms with van der Waals surface area (Å²) in [6, 6.07) is 5.60. The highest BCUT2D eigenvalue weighted by molar-refractivity contribution is 5.95. The van der Waals surface area contributed by atoms with E-state index in [1.807, 2.05) is 32.0 Å². The summed E-state index contributed by atoms with van der Waals surface area (Å²) in [6.45, 7) is 4.01. The molecule has 1 unspecified atom stereocenters. The van der Waals surface area contributed by atoms with Crippen molar-refractivity contribution < 1.29 is 4.79 Å². The van der Waals surface area contributed by atoms with Crippen LogP contribution < -0.4 is 10.6 Å². The molecule has 1 amide bonds. The molecule has 0 saturated carbocycles. The zero-order chi connectivity index (χ0) is 14.5. The van der Waals surface area contributed by atoms with Crippen LogP contribution in [0, 0.1) is 6.92 Å². The summed E-state index contributed by atoms with van der Waals surface area (Å²) in [4.78, 5) is 20.0. The summed E-state index contributed by atoms with van der Waals surface area (Å²) in [5, 5.41) is 5.99. The summed E-state index contributed by atoms with van der Waals surface area (Å²) in [7, 11) is 1.62. The van der Waals surface area contributed by atoms with E-state index in [4.69, 9.17) is 0 Å². The number of nitrogens with one attached hydrogen (secondary N) is 2. The number of benzene rings is 1. The second kappa shape index (κ2) is 6.14. The number of hydrogen-bond donors (Lipinski definition) is 2. The lowest BCUT2D eigenvalue weighted by atomic mass is 10.1. The number of anilines is 1. The van der Waals surface area contributed by atoms with Crippen LogP contribution in [0.1, 0.15) is 34.6 Å². The summed E-state index contributed by atoms with van der Waals surface area (Å²) in [5.74, 6) is -0.0970. The summed E-state index contributed by atoms with van der Waals surface area (Å²) in [6.07, 6.45) is 5.05. The maximum atomic E-state index is 11.7. The van der Waals surface area contributed by atoms with Crippen molar-refractivity contribution in [3.8, 4) is 0 Å². The topological polar surface area (TPSA) is 66.9 Å². The van der Waals surface area contributed by atoms with Crippen LogP contribution in [0.2, 0.25) is 0 Å². The van der Waals surface area contributed by atoms with Gasteiger partial charge in [-0.3, -0.25) is 14.8 Å². The standard InChI is InChI=1S/C15H18N4O/c1-10-4-5-12(15(20)16-3)8-13(10)19-11(2)14-9-17-6-7-18-14/h4-9,11,19H,1-3H3,(H,16,20). The molecule has 0 saturated heterocycles. The van der Waals surface area contributed by atoms with Gasteiger partial charge in [0.15, 0.2) is 0 Å². The van der Waals surface area contributed by atoms with Crippen molar-refractivity contribution in [3.05, 3.63) is 53.6 Å². The Morgan fingerprint density at radius 3 is 2.75 bits per heavy atom. The van der Waals surface area contributed by atoms with Crippen LogP contribution in [0.25, 0.3) is 0 Å². The molecule has 5 heteroatoms. The van der Waals surface area contributed by atoms with E-state index in [2.05, 4.69) is 20.6 Å². The van der Waals surface area contributed by atoms with E-state index in [0.717, 1.165) is 16.9 Å². The lowest BCUT2D eigenvalue weighted by molar-refractivity contribution is 0.0963. The third kappa shape index (κ3) is 3.12. The van der Waals surface area contributed by atoms with Crippen LogP contribution in [-0.4, -0.2) is 22.9 Å². The number of aryl methyl sites for hydroxylation is 1. The number of amides is 1. The highest BCUT2D eigenvalue weighted by atomic mass is 16.1. The first-order valence-corrected chi connectivity index (χ1v) is 6.47. The van der Waals surface area contributed by atoms with Gasteiger partial charge in [0.25, 0.3) is 5.91 Å². The summed E-state index contributed by atoms with van der Waals surface area (Å²) < 4.78 is 0. The van der Waals surface area contributed by atoms with Crippen molar-refractivity contribution in [2.24, 2.45) is 0 Å². The molecule has 5 nitrogen and oxygen atoms in total. The fourth-order valence-electron chi connectivity index (χ4n) is 1.90. The van der Waals surface area contributed by atoms with Gasteiger partial charge in [-0.25, -0.2) is 0 Å². The highest BCUT2D eigenvalue weighted by Crippen LogP contribution is 2.22. The number of carbonyl (C=O) groups excluding carboxylic acids is 1. The predicted octanol–water partition coefficient (Wildman–Crippen LogP) is 2.32. The minimum Gasteiger partial charge on any atom is -0.377 e. The molecule has 1 aromatic carbocycles. The van der Waals surface area contributed by atoms with Gasteiger partial charge in [0, 0.05) is 30.7 Å². The first-order chi connectivity index (χ1) is 9.61. The average Bonchev–Trinajstić information content (AvgIpc) is 2.49. The maximum Gasteiger partial charge on any atom is 0.251 e. The molecule has 2 rings (SSSR count). The summed E-state index contributed by atoms with van der Waals surface area (Å²) >= 11 is 0. The fraction of sp³-hybridized carbons (Fsp3) is 0.267. The van der Waals surface area contributed by atoms with Crippen LogP contribution in [-0.2, 0) is 0 Å². The Morgan fingerprint density at radius 2 is 2.10 bits per heavy atom. The number of carbonyl (C=O) groups is 1. The van der Waals surface area contributed by atoms with Gasteiger partial charge in [-0.15, -0.1) is 0 Å². The molecule has 1 heterocycles. The van der Waals surface area contributed by atoms with Crippen molar-refractivity contribution in [2.75, 3.05) is 12.4 Å². The Labute approximate surface area is 118 Å². The van der Waals surface area contributed by atoms with E-state index >= 15 is 0 Å². The van der Waals surface area contributed by atoms with Crippen molar-refractivity contribution >= 4 is 11.6 Å². The van der Waals surface area contributed by atoms with Crippen LogP contribution >= 0.6 is 0 Å². The van der Waals surface area contributed by atoms with Gasteiger partial charge >= 0.3 is 0 Å². The zero-order valence-electron chi connectivity index (χ0n) is 11.8. The SMILES string of the molecule is CNC(=O)c1ccc(C)c(NC(C)c2cnccn2)c1. The Bertz CT molecular complexity index is 598. The molecule has 2 aromatic rings. The van der Waals surface area contributed by atoms with E-state index in [0.29, 0.717) is 5.56 Å². The quantitative estimate of drug-likeness (QED) is 0.894. The molecule has 0 bridgehead atoms. The number of rotatable bonds is 4. The summed E-state index contributed by atoms with van der Waals surface area (Å²) in [5.41, 5.74) is 3.49. The lowest BCUT2D eigenvalue weighted by Gasteiger charge is -2.17. The molecule has 2 N–H and O–H groups in total. The van der Waals surface area contributed by atoms with Crippen molar-refractivity contribution in [1.29, 1.82) is 0 Å². The van der Waals surface area contributed by atoms with E-state index in [9.17, 15) is 4.79 Å². The first kappa shape index (κ1) is 14.0. The molecule has 0 aliphatic carbocycles. The molecule has 0 spiro atoms. The Morgan fingerprint density at radius 1 is 1.30 bits per heavy atom. The van der Waals surface area contributed by atoms with Crippen molar-refractivity contribution in [3.63, 3.8) is 0 Å². The van der Waals surface area contributed by atoms with Gasteiger partial charge in [0.05, 0.1) is 17.9 Å². The van der Waals surface area contributed by atoms with Crippen LogP contribution in [0.5, 0.6) is 0 Å². The van der Waals surface area contributed by atoms with Gasteiger partial charge in [0.1, 0.15) is 0 Å². The predicted molar refractivity (Wildman–Crippen MR) is 78.6 cm³/mol. The fourth-order valence-corrected chi connectivity index (χ4v) is 1.90. The molecule has 104 valence electrons. The van der Waals surface area contributed by atoms with E-state index in [1.54, 1.807) is 25.6 Å². The zero-order valence-corrected chi connectivity index (χ0v) is 11.8. The minimum atomic E-state index is -0.0970. The second-order valence-electron chi connectivity index (χ2n) is 4.61. The minimum absolute atomic E-state index is 0.0161. The average molecular weight is 270 g/mol. The molecule has 1 aromatic heterocycles. The van der Waals surface area contributed by atoms with Crippen molar-refractivity contribution in [2.45, 2.75) is 19.9 Å². The second-order valence-corrected chi connectivity index (χ2v) is 4.61. The molecule has 0 aliphatic heterocycles. The number of nitrogens with zero attached hydrogens (tertiary/aromatic N) is 2. The van der Waals surface area contributed by atoms with Crippen molar-refractivity contribution in [1.82, 2.24) is 15.3 Å². The molecule has 1 atom stereocenters. The maximum absolute atomic E-state index is 11.7. The smallest absolute Gasteiger partial charge is 0.251 e. The van der Waals surface area contributed by atoms with Gasteiger partial charge in [-0.05, 0) is 31.5 Å². The Hall–Kier alpha value is -2.43. The normalized spacial score (nSPS) is 11.8. The van der Waals surface area contributed by atoms with Gasteiger partial charge < -0.3 is 10.6 Å². The van der Waals surface area contributed by atoms with E-state index in [-0.39, 0.29) is 11.9 Å². The molecular formula is C15H18N4O. The first-order valence-electron chi connectivity index (χ1n) is 6.47. The third-order valence-corrected chi connectivity index (χ3v) is 3.13. The van der Waals surface area contributed by atoms with E-state index in [1.165, 1.54) is 0 Å². The Balaban J connectivity index is 2.22. The van der Waals surface area contributed by atoms with E-state index < -0.39 is 0 Å². The molecule has 0 fully saturated rings. The number of hydrogen-bond acceptors (Lipinski definition) is 4. The molecule has 0 aliphatic rings. The molecular weight excluding hydrogens is 252 g/mol. The monoisotopic (exact) mass is 270 g/mol. The molecule has 20 heavy (non-hydrogen) atoms. The van der Waals surface area contributed by atoms with Gasteiger partial charge in [-0.2, -0.15) is 0 Å². The van der Waals surface area contributed by atoms with Crippen LogP contribution in [0.3, 0.4) is 0 Å². The third-order valence-electron chi connectivity index (χ3n) is 3.13. The van der Waals surface area contributed by atoms with Crippen LogP contribution in [0.15, 0.2) is 36.8 Å². The number of aromatic nitrogens is 2. The van der Waals surface area contributed by atoms with Gasteiger partial charge in [0.2, 0.25) is 0 Å². The van der Waals surface area contributed by atoms with Gasteiger partial charge in [-0.1, -0.05) is 6.07 Å². The Kier molecular flexibility index (Phi) is 4.30. The van der Waals surface area contributed by atoms with Crippen LogP contribution in [0.4, 0.5) is 5.69 Å².